The maximum atomic E-state index is 7.07. The molecule has 68 heavy (non-hydrogen) atoms. The Bertz CT molecular complexity index is 3470. The van der Waals surface area contributed by atoms with Crippen molar-refractivity contribution < 1.29 is 4.74 Å². The summed E-state index contributed by atoms with van der Waals surface area (Å²) in [5, 5.41) is 5.73. The van der Waals surface area contributed by atoms with Gasteiger partial charge in [0.1, 0.15) is 28.8 Å². The number of para-hydroxylation sites is 3. The summed E-state index contributed by atoms with van der Waals surface area (Å²) in [6.07, 6.45) is 0. The lowest BCUT2D eigenvalue weighted by atomic mass is 9.82. The molecule has 0 aliphatic carbocycles. The minimum absolute atomic E-state index is 0.0576. The van der Waals surface area contributed by atoms with Crippen molar-refractivity contribution in [1.29, 1.82) is 0 Å². The third kappa shape index (κ3) is 7.71. The summed E-state index contributed by atoms with van der Waals surface area (Å²) in [5.74, 6) is 2.48. The second-order valence-corrected chi connectivity index (χ2v) is 22.3. The topological polar surface area (TPSA) is 33.5 Å². The molecule has 1 aliphatic rings. The molecule has 0 unspecified atom stereocenters. The second-order valence-electron chi connectivity index (χ2n) is 21.4. The number of hydrogen-bond acceptors (Lipinski definition) is 5. The van der Waals surface area contributed by atoms with Gasteiger partial charge in [-0.05, 0) is 116 Å². The van der Waals surface area contributed by atoms with Crippen LogP contribution in [0.3, 0.4) is 0 Å². The number of ether oxygens (including phenoxy) is 1. The Morgan fingerprint density at radius 1 is 0.485 bits per heavy atom. The third-order valence-corrected chi connectivity index (χ3v) is 14.4. The molecule has 0 saturated carbocycles. The van der Waals surface area contributed by atoms with Gasteiger partial charge in [-0.2, -0.15) is 0 Å². The molecule has 3 aromatic heterocycles. The number of fused-ring (bicyclic) bond motifs is 5. The number of aromatic nitrogens is 2. The predicted octanol–water partition coefficient (Wildman–Crippen LogP) is 17.7. The Balaban J connectivity index is 1.05. The fourth-order valence-electron chi connectivity index (χ4n) is 9.96. The fourth-order valence-corrected chi connectivity index (χ4v) is 10.7. The van der Waals surface area contributed by atoms with E-state index >= 15 is 0 Å². The zero-order valence-corrected chi connectivity index (χ0v) is 41.4. The molecule has 1 aliphatic heterocycles. The second kappa shape index (κ2) is 16.3. The van der Waals surface area contributed by atoms with Crippen molar-refractivity contribution in [2.45, 2.75) is 78.6 Å². The Hall–Kier alpha value is -7.15. The Labute approximate surface area is 404 Å². The largest absolute Gasteiger partial charge is 0.457 e. The van der Waals surface area contributed by atoms with Crippen LogP contribution in [0, 0.1) is 0 Å². The van der Waals surface area contributed by atoms with E-state index in [1.54, 1.807) is 11.3 Å². The molecule has 0 fully saturated rings. The lowest BCUT2D eigenvalue weighted by Crippen LogP contribution is -2.26. The van der Waals surface area contributed by atoms with E-state index in [1.165, 1.54) is 55.4 Å². The highest BCUT2D eigenvalue weighted by molar-refractivity contribution is 7.16. The van der Waals surface area contributed by atoms with Gasteiger partial charge in [0.15, 0.2) is 0 Å². The number of thiophene rings is 1. The molecule has 0 spiro atoms. The monoisotopic (exact) mass is 906 g/mol. The van der Waals surface area contributed by atoms with Crippen molar-refractivity contribution in [2.75, 3.05) is 16.5 Å². The third-order valence-electron chi connectivity index (χ3n) is 13.6. The van der Waals surface area contributed by atoms with Crippen molar-refractivity contribution in [3.8, 4) is 39.6 Å². The molecular weight excluding hydrogens is 849 g/mol. The van der Waals surface area contributed by atoms with E-state index in [9.17, 15) is 0 Å². The number of nitrogens with zero attached hydrogens (tertiary/aromatic N) is 4. The van der Waals surface area contributed by atoms with Crippen LogP contribution in [0.25, 0.3) is 60.1 Å². The summed E-state index contributed by atoms with van der Waals surface area (Å²) >= 11 is 1.70. The number of benzene rings is 7. The van der Waals surface area contributed by atoms with E-state index in [-0.39, 0.29) is 16.2 Å². The number of pyridine rings is 1. The van der Waals surface area contributed by atoms with Crippen LogP contribution >= 0.6 is 11.3 Å². The van der Waals surface area contributed by atoms with Gasteiger partial charge >= 0.3 is 0 Å². The van der Waals surface area contributed by atoms with Crippen molar-refractivity contribution >= 4 is 66.1 Å². The summed E-state index contributed by atoms with van der Waals surface area (Å²) in [6, 6.07) is 61.9. The van der Waals surface area contributed by atoms with E-state index in [1.807, 2.05) is 0 Å². The van der Waals surface area contributed by atoms with E-state index in [2.05, 4.69) is 252 Å². The van der Waals surface area contributed by atoms with E-state index in [0.717, 1.165) is 55.6 Å². The molecule has 11 rings (SSSR count). The summed E-state index contributed by atoms with van der Waals surface area (Å²) in [7, 11) is 0. The van der Waals surface area contributed by atoms with Gasteiger partial charge in [0.2, 0.25) is 0 Å². The number of anilines is 4. The van der Waals surface area contributed by atoms with Crippen LogP contribution in [0.4, 0.5) is 22.7 Å². The van der Waals surface area contributed by atoms with Crippen LogP contribution in [-0.4, -0.2) is 16.2 Å². The lowest BCUT2D eigenvalue weighted by Gasteiger charge is -2.30. The minimum atomic E-state index is -0.149. The van der Waals surface area contributed by atoms with Crippen LogP contribution in [-0.2, 0) is 16.2 Å². The zero-order chi connectivity index (χ0) is 47.1. The maximum absolute atomic E-state index is 7.07. The first-order valence-corrected chi connectivity index (χ1v) is 24.7. The van der Waals surface area contributed by atoms with Gasteiger partial charge in [0, 0.05) is 45.1 Å². The SMILES string of the molecule is CC(C)(C)c1cc(Oc2ccc3c4ccccc4n(-c4cc(C(C)(C)C)c5ccsc5n4)c3c2)cc(N2CN(c3c(-c4ccccc4)cc(C(C)(C)C)cc3-c3ccccc3)c3ccccc32)c1. The van der Waals surface area contributed by atoms with Crippen molar-refractivity contribution in [3.63, 3.8) is 0 Å². The van der Waals surface area contributed by atoms with Gasteiger partial charge in [-0.15, -0.1) is 11.3 Å². The lowest BCUT2D eigenvalue weighted by molar-refractivity contribution is 0.479. The van der Waals surface area contributed by atoms with Gasteiger partial charge in [-0.3, -0.25) is 4.57 Å². The van der Waals surface area contributed by atoms with Crippen LogP contribution < -0.4 is 14.5 Å². The average molecular weight is 907 g/mol. The van der Waals surface area contributed by atoms with E-state index < -0.39 is 0 Å². The highest BCUT2D eigenvalue weighted by Crippen LogP contribution is 2.52. The summed E-state index contributed by atoms with van der Waals surface area (Å²) < 4.78 is 9.39. The first-order chi connectivity index (χ1) is 32.6. The molecule has 7 aromatic carbocycles. The van der Waals surface area contributed by atoms with Gasteiger partial charge in [-0.25, -0.2) is 4.98 Å². The standard InChI is InChI=1S/C62H58N4OS/c1-60(2,3)42-32-44(36-46(33-42)67-45-28-29-48-47-24-16-17-25-53(47)66(56(48)37-45)57-38-52(62(7,8)9)49-30-31-68-59(49)63-57)64-39-65(55-27-19-18-26-54(55)64)58-50(40-20-12-10-13-21-40)34-43(61(4,5)6)35-51(58)41-22-14-11-15-23-41/h10-38H,39H2,1-9H3. The van der Waals surface area contributed by atoms with Crippen LogP contribution in [0.2, 0.25) is 0 Å². The quantitative estimate of drug-likeness (QED) is 0.160. The molecule has 0 bridgehead atoms. The van der Waals surface area contributed by atoms with Gasteiger partial charge in [0.25, 0.3) is 0 Å². The van der Waals surface area contributed by atoms with Gasteiger partial charge < -0.3 is 14.5 Å². The molecular formula is C62H58N4OS. The Morgan fingerprint density at radius 3 is 1.72 bits per heavy atom. The summed E-state index contributed by atoms with van der Waals surface area (Å²) in [4.78, 5) is 11.3. The van der Waals surface area contributed by atoms with Crippen LogP contribution in [0.15, 0.2) is 175 Å². The predicted molar refractivity (Wildman–Crippen MR) is 289 cm³/mol. The molecule has 4 heterocycles. The van der Waals surface area contributed by atoms with E-state index in [0.29, 0.717) is 6.67 Å². The molecule has 0 N–H and O–H groups in total. The molecule has 5 nitrogen and oxygen atoms in total. The van der Waals surface area contributed by atoms with Crippen molar-refractivity contribution in [3.05, 3.63) is 192 Å². The van der Waals surface area contributed by atoms with Crippen LogP contribution in [0.5, 0.6) is 11.5 Å². The van der Waals surface area contributed by atoms with E-state index in [4.69, 9.17) is 9.72 Å². The van der Waals surface area contributed by atoms with Gasteiger partial charge in [0.05, 0.1) is 28.1 Å². The molecule has 0 atom stereocenters. The van der Waals surface area contributed by atoms with Gasteiger partial charge in [-0.1, -0.05) is 153 Å². The Morgan fingerprint density at radius 2 is 1.07 bits per heavy atom. The first-order valence-electron chi connectivity index (χ1n) is 23.8. The molecule has 0 radical (unpaired) electrons. The molecule has 0 saturated heterocycles. The highest BCUT2D eigenvalue weighted by atomic mass is 32.1. The number of hydrogen-bond donors (Lipinski definition) is 0. The molecule has 6 heteroatoms. The average Bonchev–Trinajstić information content (AvgIpc) is 4.05. The summed E-state index contributed by atoms with van der Waals surface area (Å²) in [5.41, 5.74) is 15.1. The smallest absolute Gasteiger partial charge is 0.139 e. The number of rotatable bonds is 7. The summed E-state index contributed by atoms with van der Waals surface area (Å²) in [6.45, 7) is 21.2. The molecule has 338 valence electrons. The van der Waals surface area contributed by atoms with Crippen LogP contribution in [0.1, 0.15) is 79.0 Å². The zero-order valence-electron chi connectivity index (χ0n) is 40.6. The highest BCUT2D eigenvalue weighted by Gasteiger charge is 2.33. The van der Waals surface area contributed by atoms with Crippen molar-refractivity contribution in [2.24, 2.45) is 0 Å². The molecule has 10 aromatic rings. The van der Waals surface area contributed by atoms with Crippen molar-refractivity contribution in [1.82, 2.24) is 9.55 Å². The maximum Gasteiger partial charge on any atom is 0.139 e. The first kappa shape index (κ1) is 43.4. The molecule has 0 amide bonds. The normalized spacial score (nSPS) is 13.2. The fraction of sp³-hybridized carbons (Fsp3) is 0.210. The minimum Gasteiger partial charge on any atom is -0.457 e. The Kier molecular flexibility index (Phi) is 10.4.